The molecule has 0 radical (unpaired) electrons. The Bertz CT molecular complexity index is 287. The van der Waals surface area contributed by atoms with Crippen LogP contribution in [0.15, 0.2) is 30.3 Å². The van der Waals surface area contributed by atoms with E-state index >= 15 is 0 Å². The number of carbonyl (C=O) groups excluding carboxylic acids is 1. The smallest absolute Gasteiger partial charge is 0.284 e. The molecule has 0 aliphatic carbocycles. The number of ether oxygens (including phenoxy) is 1. The van der Waals surface area contributed by atoms with Gasteiger partial charge < -0.3 is 4.74 Å². The van der Waals surface area contributed by atoms with Crippen LogP contribution in [0.5, 0.6) is 5.75 Å². The molecule has 4 heteroatoms. The van der Waals surface area contributed by atoms with Gasteiger partial charge in [-0.05, 0) is 18.6 Å². The molecule has 1 amide bonds. The summed E-state index contributed by atoms with van der Waals surface area (Å²) in [5.41, 5.74) is 1.57. The molecule has 1 aromatic carbocycles. The first-order chi connectivity index (χ1) is 6.77. The molecule has 4 nitrogen and oxygen atoms in total. The molecule has 0 aromatic heterocycles. The fourth-order valence-electron chi connectivity index (χ4n) is 1.06. The van der Waals surface area contributed by atoms with Crippen molar-refractivity contribution >= 4 is 5.91 Å². The summed E-state index contributed by atoms with van der Waals surface area (Å²) in [6.07, 6.45) is -0.149. The minimum absolute atomic E-state index is 0.501. The van der Waals surface area contributed by atoms with E-state index in [-0.39, 0.29) is 0 Å². The SMILES string of the molecule is CCC(Oc1ccccc1)C(=O)NO. The van der Waals surface area contributed by atoms with Crippen molar-refractivity contribution in [3.05, 3.63) is 30.3 Å². The van der Waals surface area contributed by atoms with Crippen LogP contribution >= 0.6 is 0 Å². The van der Waals surface area contributed by atoms with Crippen molar-refractivity contribution in [3.8, 4) is 5.75 Å². The number of hydrogen-bond donors (Lipinski definition) is 2. The maximum Gasteiger partial charge on any atom is 0.284 e. The van der Waals surface area contributed by atoms with E-state index < -0.39 is 12.0 Å². The zero-order valence-electron chi connectivity index (χ0n) is 7.93. The van der Waals surface area contributed by atoms with Crippen molar-refractivity contribution in [2.45, 2.75) is 19.4 Å². The van der Waals surface area contributed by atoms with Crippen molar-refractivity contribution < 1.29 is 14.7 Å². The number of para-hydroxylation sites is 1. The lowest BCUT2D eigenvalue weighted by Gasteiger charge is -2.14. The summed E-state index contributed by atoms with van der Waals surface area (Å²) in [5.74, 6) is 0.0827. The molecule has 2 N–H and O–H groups in total. The molecule has 0 aliphatic rings. The molecular weight excluding hydrogens is 182 g/mol. The van der Waals surface area contributed by atoms with Gasteiger partial charge in [0.15, 0.2) is 6.10 Å². The molecular formula is C10H13NO3. The lowest BCUT2D eigenvalue weighted by molar-refractivity contribution is -0.136. The molecule has 1 unspecified atom stereocenters. The first-order valence-corrected chi connectivity index (χ1v) is 4.43. The monoisotopic (exact) mass is 195 g/mol. The van der Waals surface area contributed by atoms with Gasteiger partial charge in [-0.25, -0.2) is 5.48 Å². The summed E-state index contributed by atoms with van der Waals surface area (Å²) < 4.78 is 5.34. The van der Waals surface area contributed by atoms with Crippen LogP contribution in [-0.4, -0.2) is 17.2 Å². The maximum absolute atomic E-state index is 11.1. The predicted molar refractivity (Wildman–Crippen MR) is 51.1 cm³/mol. The number of hydroxylamine groups is 1. The molecule has 0 heterocycles. The highest BCUT2D eigenvalue weighted by Gasteiger charge is 2.16. The zero-order chi connectivity index (χ0) is 10.4. The summed E-state index contributed by atoms with van der Waals surface area (Å²) in [4.78, 5) is 11.1. The van der Waals surface area contributed by atoms with E-state index in [1.165, 1.54) is 0 Å². The highest BCUT2D eigenvalue weighted by molar-refractivity contribution is 5.79. The fraction of sp³-hybridized carbons (Fsp3) is 0.300. The predicted octanol–water partition coefficient (Wildman–Crippen LogP) is 1.35. The third-order valence-corrected chi connectivity index (χ3v) is 1.79. The highest BCUT2D eigenvalue weighted by Crippen LogP contribution is 2.12. The van der Waals surface area contributed by atoms with Gasteiger partial charge in [-0.2, -0.15) is 0 Å². The molecule has 1 rings (SSSR count). The Hall–Kier alpha value is -1.55. The van der Waals surface area contributed by atoms with Crippen molar-refractivity contribution in [2.24, 2.45) is 0 Å². The second-order valence-corrected chi connectivity index (χ2v) is 2.80. The first kappa shape index (κ1) is 10.5. The van der Waals surface area contributed by atoms with E-state index in [0.717, 1.165) is 0 Å². The summed E-state index contributed by atoms with van der Waals surface area (Å²) in [7, 11) is 0. The lowest BCUT2D eigenvalue weighted by atomic mass is 10.2. The molecule has 0 spiro atoms. The van der Waals surface area contributed by atoms with E-state index in [2.05, 4.69) is 0 Å². The van der Waals surface area contributed by atoms with Crippen LogP contribution in [0.1, 0.15) is 13.3 Å². The minimum atomic E-state index is -0.651. The summed E-state index contributed by atoms with van der Waals surface area (Å²) in [6.45, 7) is 1.81. The summed E-state index contributed by atoms with van der Waals surface area (Å²) >= 11 is 0. The average Bonchev–Trinajstić information content (AvgIpc) is 2.26. The number of benzene rings is 1. The molecule has 0 saturated carbocycles. The molecule has 0 fully saturated rings. The van der Waals surface area contributed by atoms with Crippen LogP contribution in [-0.2, 0) is 4.79 Å². The second kappa shape index (κ2) is 5.24. The van der Waals surface area contributed by atoms with Crippen molar-refractivity contribution in [3.63, 3.8) is 0 Å². The lowest BCUT2D eigenvalue weighted by Crippen LogP contribution is -2.36. The summed E-state index contributed by atoms with van der Waals surface area (Å²) in [6, 6.07) is 9.01. The van der Waals surface area contributed by atoms with Crippen LogP contribution in [0.4, 0.5) is 0 Å². The van der Waals surface area contributed by atoms with E-state index in [9.17, 15) is 4.79 Å². The van der Waals surface area contributed by atoms with Gasteiger partial charge in [-0.1, -0.05) is 25.1 Å². The van der Waals surface area contributed by atoms with Gasteiger partial charge in [0, 0.05) is 0 Å². The minimum Gasteiger partial charge on any atom is -0.481 e. The molecule has 0 aliphatic heterocycles. The molecule has 0 bridgehead atoms. The topological polar surface area (TPSA) is 58.6 Å². The Labute approximate surface area is 82.5 Å². The number of nitrogens with one attached hydrogen (secondary N) is 1. The maximum atomic E-state index is 11.1. The molecule has 14 heavy (non-hydrogen) atoms. The molecule has 1 atom stereocenters. The van der Waals surface area contributed by atoms with Gasteiger partial charge >= 0.3 is 0 Å². The third-order valence-electron chi connectivity index (χ3n) is 1.79. The van der Waals surface area contributed by atoms with Gasteiger partial charge in [-0.15, -0.1) is 0 Å². The zero-order valence-corrected chi connectivity index (χ0v) is 7.93. The van der Waals surface area contributed by atoms with Gasteiger partial charge in [0.2, 0.25) is 0 Å². The first-order valence-electron chi connectivity index (χ1n) is 4.43. The number of amides is 1. The van der Waals surface area contributed by atoms with Gasteiger partial charge in [-0.3, -0.25) is 10.0 Å². The van der Waals surface area contributed by atoms with E-state index in [4.69, 9.17) is 9.94 Å². The van der Waals surface area contributed by atoms with Crippen LogP contribution in [0.25, 0.3) is 0 Å². The van der Waals surface area contributed by atoms with Crippen molar-refractivity contribution in [1.82, 2.24) is 5.48 Å². The average molecular weight is 195 g/mol. The molecule has 76 valence electrons. The van der Waals surface area contributed by atoms with E-state index in [1.807, 2.05) is 25.1 Å². The van der Waals surface area contributed by atoms with E-state index in [1.54, 1.807) is 17.6 Å². The Morgan fingerprint density at radius 2 is 2.14 bits per heavy atom. The largest absolute Gasteiger partial charge is 0.481 e. The number of carbonyl (C=O) groups is 1. The van der Waals surface area contributed by atoms with Crippen LogP contribution in [0.3, 0.4) is 0 Å². The Morgan fingerprint density at radius 1 is 1.50 bits per heavy atom. The third kappa shape index (κ3) is 2.74. The number of rotatable bonds is 4. The fourth-order valence-corrected chi connectivity index (χ4v) is 1.06. The van der Waals surface area contributed by atoms with Gasteiger partial charge in [0.1, 0.15) is 5.75 Å². The highest BCUT2D eigenvalue weighted by atomic mass is 16.5. The van der Waals surface area contributed by atoms with E-state index in [0.29, 0.717) is 12.2 Å². The van der Waals surface area contributed by atoms with Crippen LogP contribution in [0, 0.1) is 0 Å². The summed E-state index contributed by atoms with van der Waals surface area (Å²) in [5, 5.41) is 8.43. The number of hydrogen-bond acceptors (Lipinski definition) is 3. The Balaban J connectivity index is 2.62. The normalized spacial score (nSPS) is 11.9. The Kier molecular flexibility index (Phi) is 3.94. The Morgan fingerprint density at radius 3 is 2.64 bits per heavy atom. The van der Waals surface area contributed by atoms with Gasteiger partial charge in [0.05, 0.1) is 0 Å². The van der Waals surface area contributed by atoms with Crippen LogP contribution in [0.2, 0.25) is 0 Å². The van der Waals surface area contributed by atoms with Crippen LogP contribution < -0.4 is 10.2 Å². The second-order valence-electron chi connectivity index (χ2n) is 2.80. The molecule has 1 aromatic rings. The quantitative estimate of drug-likeness (QED) is 0.563. The standard InChI is InChI=1S/C10H13NO3/c1-2-9(10(12)11-13)14-8-6-4-3-5-7-8/h3-7,9,13H,2H2,1H3,(H,11,12). The van der Waals surface area contributed by atoms with Gasteiger partial charge in [0.25, 0.3) is 5.91 Å². The van der Waals surface area contributed by atoms with Crippen molar-refractivity contribution in [1.29, 1.82) is 0 Å². The van der Waals surface area contributed by atoms with Crippen molar-refractivity contribution in [2.75, 3.05) is 0 Å². The molecule has 0 saturated heterocycles.